The second-order valence-corrected chi connectivity index (χ2v) is 6.17. The monoisotopic (exact) mass is 343 g/mol. The molecule has 0 N–H and O–H groups in total. The van der Waals surface area contributed by atoms with Crippen molar-refractivity contribution in [3.8, 4) is 16.8 Å². The number of benzene rings is 2. The van der Waals surface area contributed by atoms with Gasteiger partial charge >= 0.3 is 0 Å². The zero-order valence-electron chi connectivity index (χ0n) is 14.5. The lowest BCUT2D eigenvalue weighted by Crippen LogP contribution is -2.32. The molecule has 26 heavy (non-hydrogen) atoms. The summed E-state index contributed by atoms with van der Waals surface area (Å²) in [7, 11) is 0. The molecule has 0 fully saturated rings. The molecule has 0 bridgehead atoms. The Kier molecular flexibility index (Phi) is 3.77. The molecule has 4 rings (SSSR count). The number of hydrogen-bond donors (Lipinski definition) is 0. The second kappa shape index (κ2) is 6.11. The van der Waals surface area contributed by atoms with Gasteiger partial charge in [-0.2, -0.15) is 4.40 Å². The van der Waals surface area contributed by atoms with E-state index in [0.29, 0.717) is 22.1 Å². The third-order valence-electron chi connectivity index (χ3n) is 4.38. The number of aromatic nitrogens is 3. The Labute approximate surface area is 150 Å². The number of fused-ring (bicyclic) bond motifs is 1. The minimum absolute atomic E-state index is 0.112. The maximum absolute atomic E-state index is 12.5. The quantitative estimate of drug-likeness (QED) is 0.420. The average molecular weight is 343 g/mol. The molecule has 2 aromatic heterocycles. The van der Waals surface area contributed by atoms with Crippen LogP contribution in [0, 0.1) is 0 Å². The van der Waals surface area contributed by atoms with Crippen LogP contribution < -0.4 is 15.0 Å². The number of para-hydroxylation sites is 1. The molecule has 5 nitrogen and oxygen atoms in total. The lowest BCUT2D eigenvalue weighted by molar-refractivity contribution is -0.655. The van der Waals surface area contributed by atoms with E-state index in [-0.39, 0.29) is 11.5 Å². The fourth-order valence-corrected chi connectivity index (χ4v) is 3.29. The molecule has 2 heterocycles. The molecular formula is C21H17N3O2. The Balaban J connectivity index is 2.12. The Morgan fingerprint density at radius 2 is 1.62 bits per heavy atom. The zero-order chi connectivity index (χ0) is 18.3. The average Bonchev–Trinajstić information content (AvgIpc) is 3.19. The zero-order valence-corrected chi connectivity index (χ0v) is 14.5. The van der Waals surface area contributed by atoms with Crippen molar-refractivity contribution in [2.24, 2.45) is 0 Å². The maximum Gasteiger partial charge on any atom is 0.277 e. The predicted octanol–water partition coefficient (Wildman–Crippen LogP) is 1.69. The third kappa shape index (κ3) is 2.45. The fourth-order valence-electron chi connectivity index (χ4n) is 3.29. The molecule has 0 saturated carbocycles. The van der Waals surface area contributed by atoms with Crippen molar-refractivity contribution >= 4 is 17.2 Å². The summed E-state index contributed by atoms with van der Waals surface area (Å²) >= 11 is 0. The number of rotatable bonds is 3. The SMILES string of the molecule is CC(=O)c1c(-c2ccccc2)/c(=C(\C)[O-])c2n[n+](-c3ccccc3)cn12. The van der Waals surface area contributed by atoms with Gasteiger partial charge < -0.3 is 5.11 Å². The van der Waals surface area contributed by atoms with Crippen LogP contribution >= 0.6 is 0 Å². The van der Waals surface area contributed by atoms with E-state index in [9.17, 15) is 9.90 Å². The molecule has 0 radical (unpaired) electrons. The van der Waals surface area contributed by atoms with E-state index in [4.69, 9.17) is 0 Å². The number of ketones is 1. The smallest absolute Gasteiger partial charge is 0.277 e. The summed E-state index contributed by atoms with van der Waals surface area (Å²) in [6.07, 6.45) is 1.75. The summed E-state index contributed by atoms with van der Waals surface area (Å²) in [5.74, 6) is -0.230. The van der Waals surface area contributed by atoms with Gasteiger partial charge in [0.05, 0.1) is 0 Å². The molecule has 128 valence electrons. The van der Waals surface area contributed by atoms with E-state index in [1.54, 1.807) is 15.4 Å². The van der Waals surface area contributed by atoms with Gasteiger partial charge in [0, 0.05) is 17.7 Å². The predicted molar refractivity (Wildman–Crippen MR) is 96.5 cm³/mol. The highest BCUT2D eigenvalue weighted by Crippen LogP contribution is 2.23. The molecule has 0 aliphatic rings. The van der Waals surface area contributed by atoms with Gasteiger partial charge in [-0.3, -0.25) is 4.79 Å². The Morgan fingerprint density at radius 1 is 1.00 bits per heavy atom. The van der Waals surface area contributed by atoms with Gasteiger partial charge in [0.25, 0.3) is 12.0 Å². The van der Waals surface area contributed by atoms with Gasteiger partial charge in [0.1, 0.15) is 0 Å². The lowest BCUT2D eigenvalue weighted by atomic mass is 10.0. The van der Waals surface area contributed by atoms with Crippen molar-refractivity contribution in [2.45, 2.75) is 13.8 Å². The van der Waals surface area contributed by atoms with Crippen LogP contribution in [0.1, 0.15) is 24.3 Å². The Bertz CT molecular complexity index is 1160. The highest BCUT2D eigenvalue weighted by atomic mass is 16.3. The Morgan fingerprint density at radius 3 is 2.19 bits per heavy atom. The van der Waals surface area contributed by atoms with Crippen LogP contribution in [0.3, 0.4) is 0 Å². The van der Waals surface area contributed by atoms with E-state index in [1.807, 2.05) is 60.7 Å². The second-order valence-electron chi connectivity index (χ2n) is 6.17. The highest BCUT2D eigenvalue weighted by Gasteiger charge is 2.27. The topological polar surface area (TPSA) is 61.3 Å². The summed E-state index contributed by atoms with van der Waals surface area (Å²) in [5, 5.41) is 17.5. The molecule has 4 aromatic rings. The molecule has 0 saturated heterocycles. The van der Waals surface area contributed by atoms with Crippen LogP contribution in [0.5, 0.6) is 0 Å². The first kappa shape index (κ1) is 16.0. The van der Waals surface area contributed by atoms with E-state index in [1.165, 1.54) is 13.8 Å². The number of carbonyl (C=O) groups is 1. The van der Waals surface area contributed by atoms with Crippen LogP contribution in [-0.4, -0.2) is 15.3 Å². The molecule has 2 aromatic carbocycles. The summed E-state index contributed by atoms with van der Waals surface area (Å²) in [6, 6.07) is 19.1. The van der Waals surface area contributed by atoms with Crippen molar-refractivity contribution in [1.82, 2.24) is 9.50 Å². The van der Waals surface area contributed by atoms with Crippen molar-refractivity contribution in [3.05, 3.63) is 77.9 Å². The maximum atomic E-state index is 12.5. The van der Waals surface area contributed by atoms with Crippen molar-refractivity contribution < 1.29 is 14.6 Å². The fraction of sp³-hybridized carbons (Fsp3) is 0.0952. The van der Waals surface area contributed by atoms with Crippen LogP contribution in [0.25, 0.3) is 28.2 Å². The summed E-state index contributed by atoms with van der Waals surface area (Å²) < 4.78 is 3.40. The molecular weight excluding hydrogens is 326 g/mol. The van der Waals surface area contributed by atoms with Gasteiger partial charge in [-0.05, 0) is 22.8 Å². The van der Waals surface area contributed by atoms with E-state index in [0.717, 1.165) is 11.3 Å². The van der Waals surface area contributed by atoms with Gasteiger partial charge in [0.2, 0.25) is 0 Å². The first-order valence-electron chi connectivity index (χ1n) is 8.34. The van der Waals surface area contributed by atoms with E-state index < -0.39 is 0 Å². The normalized spacial score (nSPS) is 12.4. The lowest BCUT2D eigenvalue weighted by Gasteiger charge is -2.05. The van der Waals surface area contributed by atoms with E-state index >= 15 is 0 Å². The highest BCUT2D eigenvalue weighted by molar-refractivity contribution is 6.01. The first-order valence-corrected chi connectivity index (χ1v) is 8.34. The summed E-state index contributed by atoms with van der Waals surface area (Å²) in [4.78, 5) is 12.5. The van der Waals surface area contributed by atoms with Gasteiger partial charge in [0.15, 0.2) is 17.2 Å². The molecule has 0 unspecified atom stereocenters. The van der Waals surface area contributed by atoms with Crippen molar-refractivity contribution in [3.63, 3.8) is 0 Å². The number of nitrogens with zero attached hydrogens (tertiary/aromatic N) is 3. The summed E-state index contributed by atoms with van der Waals surface area (Å²) in [5.41, 5.74) is 3.30. The number of hydrogen-bond acceptors (Lipinski definition) is 3. The minimum Gasteiger partial charge on any atom is -0.875 e. The van der Waals surface area contributed by atoms with Crippen LogP contribution in [0.4, 0.5) is 0 Å². The molecule has 0 aliphatic carbocycles. The Hall–Kier alpha value is -3.47. The van der Waals surface area contributed by atoms with Gasteiger partial charge in [-0.1, -0.05) is 60.1 Å². The number of carbonyl (C=O) groups excluding carboxylic acids is 1. The molecule has 0 spiro atoms. The molecule has 0 aliphatic heterocycles. The van der Waals surface area contributed by atoms with Gasteiger partial charge in [-0.15, -0.1) is 5.76 Å². The van der Waals surface area contributed by atoms with Crippen molar-refractivity contribution in [1.29, 1.82) is 0 Å². The number of Topliss-reactive ketones (excluding diaryl/α,β-unsaturated/α-hetero) is 1. The van der Waals surface area contributed by atoms with E-state index in [2.05, 4.69) is 5.10 Å². The third-order valence-corrected chi connectivity index (χ3v) is 4.38. The van der Waals surface area contributed by atoms with Gasteiger partial charge in [-0.25, -0.2) is 0 Å². The first-order chi connectivity index (χ1) is 12.6. The van der Waals surface area contributed by atoms with Crippen LogP contribution in [-0.2, 0) is 0 Å². The van der Waals surface area contributed by atoms with Crippen molar-refractivity contribution in [2.75, 3.05) is 0 Å². The molecule has 0 atom stereocenters. The van der Waals surface area contributed by atoms with Crippen LogP contribution in [0.15, 0.2) is 67.0 Å². The minimum atomic E-state index is -0.118. The summed E-state index contributed by atoms with van der Waals surface area (Å²) in [6.45, 7) is 3.02. The molecule has 0 amide bonds. The largest absolute Gasteiger partial charge is 0.875 e. The standard InChI is InChI=1S/C21H17N3O2/c1-14(25)18-19(16-9-5-3-6-10-16)20(15(2)26)23-13-24(22-21(18)23)17-11-7-4-8-12-17/h3-13H,1-2H3. The molecule has 5 heteroatoms. The van der Waals surface area contributed by atoms with Crippen LogP contribution in [0.2, 0.25) is 0 Å².